The van der Waals surface area contributed by atoms with Gasteiger partial charge in [-0.05, 0) is 53.0 Å². The number of pyridine rings is 1. The minimum Gasteiger partial charge on any atom is -0.370 e. The van der Waals surface area contributed by atoms with Gasteiger partial charge >= 0.3 is 0 Å². The predicted molar refractivity (Wildman–Crippen MR) is 94.8 cm³/mol. The number of aromatic nitrogens is 3. The quantitative estimate of drug-likeness (QED) is 0.623. The van der Waals surface area contributed by atoms with Crippen molar-refractivity contribution in [1.29, 1.82) is 0 Å². The molecule has 2 rings (SSSR count). The first-order valence-electron chi connectivity index (χ1n) is 7.68. The summed E-state index contributed by atoms with van der Waals surface area (Å²) in [4.78, 5) is 6.52. The largest absolute Gasteiger partial charge is 0.370 e. The Kier molecular flexibility index (Phi) is 5.79. The zero-order valence-electron chi connectivity index (χ0n) is 14.4. The highest BCUT2D eigenvalue weighted by Crippen LogP contribution is 2.20. The molecule has 24 heavy (non-hydrogen) atoms. The highest BCUT2D eigenvalue weighted by atomic mass is 32.2. The number of H-pyrrole nitrogens is 1. The zero-order valence-corrected chi connectivity index (χ0v) is 15.2. The molecule has 3 N–H and O–H groups in total. The van der Waals surface area contributed by atoms with Crippen molar-refractivity contribution < 1.29 is 8.42 Å². The van der Waals surface area contributed by atoms with Crippen molar-refractivity contribution in [2.45, 2.75) is 25.2 Å². The second-order valence-corrected chi connectivity index (χ2v) is 7.50. The Morgan fingerprint density at radius 3 is 2.54 bits per heavy atom. The molecule has 0 amide bonds. The summed E-state index contributed by atoms with van der Waals surface area (Å²) < 4.78 is 27.4. The van der Waals surface area contributed by atoms with E-state index in [1.807, 2.05) is 14.1 Å². The molecule has 0 atom stereocenters. The van der Waals surface area contributed by atoms with E-state index in [1.54, 1.807) is 26.0 Å². The lowest BCUT2D eigenvalue weighted by atomic mass is 10.4. The van der Waals surface area contributed by atoms with E-state index >= 15 is 0 Å². The summed E-state index contributed by atoms with van der Waals surface area (Å²) in [5.74, 6) is 0.715. The van der Waals surface area contributed by atoms with Crippen LogP contribution in [0.15, 0.2) is 23.2 Å². The van der Waals surface area contributed by atoms with Crippen LogP contribution in [0.1, 0.15) is 17.8 Å². The summed E-state index contributed by atoms with van der Waals surface area (Å²) >= 11 is 0. The van der Waals surface area contributed by atoms with E-state index in [0.717, 1.165) is 19.5 Å². The third-order valence-electron chi connectivity index (χ3n) is 3.43. The third-order valence-corrected chi connectivity index (χ3v) is 5.08. The van der Waals surface area contributed by atoms with Gasteiger partial charge in [0.1, 0.15) is 10.7 Å². The van der Waals surface area contributed by atoms with E-state index in [-0.39, 0.29) is 4.90 Å². The average Bonchev–Trinajstić information content (AvgIpc) is 2.84. The lowest BCUT2D eigenvalue weighted by molar-refractivity contribution is 0.405. The average molecular weight is 352 g/mol. The first-order valence-corrected chi connectivity index (χ1v) is 9.17. The third kappa shape index (κ3) is 4.68. The summed E-state index contributed by atoms with van der Waals surface area (Å²) in [5.41, 5.74) is 1.35. The van der Waals surface area contributed by atoms with Crippen LogP contribution in [0.25, 0.3) is 0 Å². The molecule has 0 saturated heterocycles. The summed E-state index contributed by atoms with van der Waals surface area (Å²) in [6.07, 6.45) is 2.50. The summed E-state index contributed by atoms with van der Waals surface area (Å²) in [5, 5.41) is 9.80. The van der Waals surface area contributed by atoms with Gasteiger partial charge in [0, 0.05) is 6.54 Å². The maximum Gasteiger partial charge on any atom is 0.265 e. The molecule has 0 aliphatic rings. The maximum atomic E-state index is 12.4. The Bertz CT molecular complexity index is 748. The Hall–Kier alpha value is -2.13. The summed E-state index contributed by atoms with van der Waals surface area (Å²) in [6, 6.07) is 3.44. The number of nitrogens with zero attached hydrogens (tertiary/aromatic N) is 3. The molecular formula is C15H24N6O2S. The van der Waals surface area contributed by atoms with E-state index in [1.165, 1.54) is 6.20 Å². The number of sulfonamides is 1. The van der Waals surface area contributed by atoms with Crippen molar-refractivity contribution in [2.75, 3.05) is 37.2 Å². The highest BCUT2D eigenvalue weighted by Gasteiger charge is 2.22. The van der Waals surface area contributed by atoms with Crippen LogP contribution in [-0.4, -0.2) is 55.7 Å². The molecule has 0 spiro atoms. The molecule has 0 unspecified atom stereocenters. The molecule has 0 saturated carbocycles. The Morgan fingerprint density at radius 2 is 2.00 bits per heavy atom. The van der Waals surface area contributed by atoms with Gasteiger partial charge in [-0.15, -0.1) is 0 Å². The number of aryl methyl sites for hydroxylation is 2. The molecule has 0 radical (unpaired) electrons. The van der Waals surface area contributed by atoms with Crippen molar-refractivity contribution in [3.05, 3.63) is 29.7 Å². The monoisotopic (exact) mass is 352 g/mol. The van der Waals surface area contributed by atoms with Crippen molar-refractivity contribution in [3.8, 4) is 0 Å². The van der Waals surface area contributed by atoms with E-state index in [9.17, 15) is 8.42 Å². The van der Waals surface area contributed by atoms with Gasteiger partial charge in [-0.3, -0.25) is 9.82 Å². The van der Waals surface area contributed by atoms with Gasteiger partial charge in [-0.2, -0.15) is 5.10 Å². The first-order chi connectivity index (χ1) is 11.3. The second kappa shape index (κ2) is 7.63. The topological polar surface area (TPSA) is 103 Å². The molecule has 132 valence electrons. The van der Waals surface area contributed by atoms with Gasteiger partial charge in [0.25, 0.3) is 10.0 Å². The number of hydrogen-bond donors (Lipinski definition) is 3. The SMILES string of the molecule is Cc1n[nH]c(C)c1S(=O)(=O)Nc1ccc(NCCCN(C)C)nc1. The molecule has 2 heterocycles. The minimum absolute atomic E-state index is 0.174. The van der Waals surface area contributed by atoms with Gasteiger partial charge in [0.05, 0.1) is 23.3 Å². The molecule has 0 bridgehead atoms. The van der Waals surface area contributed by atoms with Gasteiger partial charge in [0.15, 0.2) is 0 Å². The zero-order chi connectivity index (χ0) is 17.7. The van der Waals surface area contributed by atoms with Gasteiger partial charge in [-0.1, -0.05) is 0 Å². The van der Waals surface area contributed by atoms with Gasteiger partial charge in [-0.25, -0.2) is 13.4 Å². The molecule has 9 heteroatoms. The van der Waals surface area contributed by atoms with Crippen molar-refractivity contribution >= 4 is 21.5 Å². The van der Waals surface area contributed by atoms with E-state index in [2.05, 4.69) is 30.1 Å². The van der Waals surface area contributed by atoms with E-state index in [4.69, 9.17) is 0 Å². The number of rotatable bonds is 8. The fourth-order valence-corrected chi connectivity index (χ4v) is 3.73. The molecular weight excluding hydrogens is 328 g/mol. The van der Waals surface area contributed by atoms with Crippen molar-refractivity contribution in [3.63, 3.8) is 0 Å². The minimum atomic E-state index is -3.68. The Labute approximate surface area is 142 Å². The standard InChI is InChI=1S/C15H24N6O2S/c1-11-15(12(2)19-18-11)24(22,23)20-13-6-7-14(17-10-13)16-8-5-9-21(3)4/h6-7,10,20H,5,8-9H2,1-4H3,(H,16,17)(H,18,19). The molecule has 0 aromatic carbocycles. The summed E-state index contributed by atoms with van der Waals surface area (Å²) in [6.45, 7) is 5.13. The van der Waals surface area contributed by atoms with Gasteiger partial charge < -0.3 is 10.2 Å². The van der Waals surface area contributed by atoms with Crippen LogP contribution in [0.5, 0.6) is 0 Å². The first kappa shape index (κ1) is 18.2. The van der Waals surface area contributed by atoms with Crippen molar-refractivity contribution in [2.24, 2.45) is 0 Å². The molecule has 8 nitrogen and oxygen atoms in total. The van der Waals surface area contributed by atoms with Crippen LogP contribution < -0.4 is 10.0 Å². The van der Waals surface area contributed by atoms with E-state index in [0.29, 0.717) is 22.9 Å². The normalized spacial score (nSPS) is 11.7. The van der Waals surface area contributed by atoms with Crippen LogP contribution in [-0.2, 0) is 10.0 Å². The molecule has 0 aliphatic heterocycles. The fourth-order valence-electron chi connectivity index (χ4n) is 2.31. The molecule has 0 fully saturated rings. The molecule has 0 aliphatic carbocycles. The van der Waals surface area contributed by atoms with Crippen LogP contribution in [0.3, 0.4) is 0 Å². The fraction of sp³-hybridized carbons (Fsp3) is 0.467. The van der Waals surface area contributed by atoms with Crippen LogP contribution in [0, 0.1) is 13.8 Å². The van der Waals surface area contributed by atoms with Gasteiger partial charge in [0.2, 0.25) is 0 Å². The lowest BCUT2D eigenvalue weighted by Gasteiger charge is -2.11. The van der Waals surface area contributed by atoms with Crippen LogP contribution in [0.4, 0.5) is 11.5 Å². The predicted octanol–water partition coefficient (Wildman–Crippen LogP) is 1.59. The molecule has 2 aromatic rings. The van der Waals surface area contributed by atoms with Crippen LogP contribution in [0.2, 0.25) is 0 Å². The number of nitrogens with one attached hydrogen (secondary N) is 3. The Balaban J connectivity index is 1.99. The van der Waals surface area contributed by atoms with Crippen molar-refractivity contribution in [1.82, 2.24) is 20.1 Å². The molecule has 2 aromatic heterocycles. The smallest absolute Gasteiger partial charge is 0.265 e. The maximum absolute atomic E-state index is 12.4. The number of hydrogen-bond acceptors (Lipinski definition) is 6. The van der Waals surface area contributed by atoms with Crippen LogP contribution >= 0.6 is 0 Å². The second-order valence-electron chi connectivity index (χ2n) is 5.88. The Morgan fingerprint density at radius 1 is 1.25 bits per heavy atom. The number of anilines is 2. The summed E-state index contributed by atoms with van der Waals surface area (Å²) in [7, 11) is 0.376. The lowest BCUT2D eigenvalue weighted by Crippen LogP contribution is -2.17. The number of aromatic amines is 1. The van der Waals surface area contributed by atoms with E-state index < -0.39 is 10.0 Å². The highest BCUT2D eigenvalue weighted by molar-refractivity contribution is 7.92.